The van der Waals surface area contributed by atoms with Crippen LogP contribution in [0.2, 0.25) is 0 Å². The first-order valence-corrected chi connectivity index (χ1v) is 7.87. The van der Waals surface area contributed by atoms with Gasteiger partial charge in [0.1, 0.15) is 0 Å². The van der Waals surface area contributed by atoms with E-state index in [0.717, 1.165) is 22.9 Å². The Morgan fingerprint density at radius 3 is 2.78 bits per heavy atom. The van der Waals surface area contributed by atoms with Gasteiger partial charge in [0.05, 0.1) is 22.4 Å². The number of halogens is 1. The van der Waals surface area contributed by atoms with Gasteiger partial charge in [-0.2, -0.15) is 5.10 Å². The predicted octanol–water partition coefficient (Wildman–Crippen LogP) is 3.66. The van der Waals surface area contributed by atoms with Gasteiger partial charge in [-0.05, 0) is 47.2 Å². The van der Waals surface area contributed by atoms with E-state index in [1.165, 1.54) is 31.4 Å². The van der Waals surface area contributed by atoms with Crippen LogP contribution in [0.1, 0.15) is 51.3 Å². The molecule has 1 aliphatic carbocycles. The van der Waals surface area contributed by atoms with Gasteiger partial charge in [0.15, 0.2) is 0 Å². The molecule has 1 N–H and O–H groups in total. The van der Waals surface area contributed by atoms with Crippen molar-refractivity contribution in [2.75, 3.05) is 6.54 Å². The van der Waals surface area contributed by atoms with Crippen molar-refractivity contribution >= 4 is 15.9 Å². The molecule has 0 aromatic carbocycles. The van der Waals surface area contributed by atoms with Gasteiger partial charge in [0.25, 0.3) is 0 Å². The van der Waals surface area contributed by atoms with E-state index < -0.39 is 0 Å². The molecule has 4 heteroatoms. The standard InChI is InChI=1S/C14H24BrN3/c1-4-10-6-7-11(8-10)13(16-5-2)14-12(15)9-17-18(14)3/h9-11,13,16H,4-8H2,1-3H3. The van der Waals surface area contributed by atoms with Crippen molar-refractivity contribution in [2.24, 2.45) is 18.9 Å². The Balaban J connectivity index is 2.19. The fourth-order valence-corrected chi connectivity index (χ4v) is 3.86. The van der Waals surface area contributed by atoms with Gasteiger partial charge in [-0.15, -0.1) is 0 Å². The normalized spacial score (nSPS) is 25.6. The second-order valence-electron chi connectivity index (χ2n) is 5.38. The Morgan fingerprint density at radius 2 is 2.28 bits per heavy atom. The maximum absolute atomic E-state index is 4.36. The van der Waals surface area contributed by atoms with Crippen LogP contribution >= 0.6 is 15.9 Å². The zero-order valence-electron chi connectivity index (χ0n) is 11.6. The molecule has 3 unspecified atom stereocenters. The maximum Gasteiger partial charge on any atom is 0.0695 e. The van der Waals surface area contributed by atoms with Crippen LogP contribution in [-0.4, -0.2) is 16.3 Å². The van der Waals surface area contributed by atoms with Crippen LogP contribution in [-0.2, 0) is 7.05 Å². The largest absolute Gasteiger partial charge is 0.309 e. The van der Waals surface area contributed by atoms with Crippen LogP contribution in [0.3, 0.4) is 0 Å². The number of nitrogens with zero attached hydrogens (tertiary/aromatic N) is 2. The minimum Gasteiger partial charge on any atom is -0.309 e. The van der Waals surface area contributed by atoms with Gasteiger partial charge in [0.2, 0.25) is 0 Å². The first-order valence-electron chi connectivity index (χ1n) is 7.08. The number of aryl methyl sites for hydroxylation is 1. The molecular weight excluding hydrogens is 290 g/mol. The molecule has 3 nitrogen and oxygen atoms in total. The molecule has 1 aromatic rings. The smallest absolute Gasteiger partial charge is 0.0695 e. The Labute approximate surface area is 118 Å². The summed E-state index contributed by atoms with van der Waals surface area (Å²) in [5.74, 6) is 1.67. The molecular formula is C14H24BrN3. The van der Waals surface area contributed by atoms with Crippen molar-refractivity contribution in [3.05, 3.63) is 16.4 Å². The van der Waals surface area contributed by atoms with Crippen molar-refractivity contribution in [1.82, 2.24) is 15.1 Å². The number of hydrogen-bond acceptors (Lipinski definition) is 2. The first kappa shape index (κ1) is 14.1. The average molecular weight is 314 g/mol. The number of aromatic nitrogens is 2. The fourth-order valence-electron chi connectivity index (χ4n) is 3.26. The van der Waals surface area contributed by atoms with Gasteiger partial charge in [-0.3, -0.25) is 4.68 Å². The Kier molecular flexibility index (Phi) is 4.84. The third-order valence-corrected chi connectivity index (χ3v) is 4.90. The van der Waals surface area contributed by atoms with Crippen LogP contribution in [0.4, 0.5) is 0 Å². The summed E-state index contributed by atoms with van der Waals surface area (Å²) in [6.07, 6.45) is 7.31. The molecule has 0 amide bonds. The molecule has 0 aliphatic heterocycles. The molecule has 3 atom stereocenters. The molecule has 0 spiro atoms. The van der Waals surface area contributed by atoms with Gasteiger partial charge >= 0.3 is 0 Å². The van der Waals surface area contributed by atoms with E-state index in [1.807, 2.05) is 17.9 Å². The summed E-state index contributed by atoms with van der Waals surface area (Å²) < 4.78 is 3.15. The SMILES string of the molecule is CCNC(c1c(Br)cnn1C)C1CCC(CC)C1. The lowest BCUT2D eigenvalue weighted by molar-refractivity contribution is 0.343. The van der Waals surface area contributed by atoms with Crippen LogP contribution in [0.15, 0.2) is 10.7 Å². The van der Waals surface area contributed by atoms with E-state index in [1.54, 1.807) is 0 Å². The Morgan fingerprint density at radius 1 is 1.50 bits per heavy atom. The van der Waals surface area contributed by atoms with Crippen LogP contribution < -0.4 is 5.32 Å². The van der Waals surface area contributed by atoms with Crippen LogP contribution in [0, 0.1) is 11.8 Å². The van der Waals surface area contributed by atoms with Gasteiger partial charge in [0, 0.05) is 7.05 Å². The highest BCUT2D eigenvalue weighted by molar-refractivity contribution is 9.10. The summed E-state index contributed by atoms with van der Waals surface area (Å²) in [6, 6.07) is 0.438. The minimum atomic E-state index is 0.438. The lowest BCUT2D eigenvalue weighted by Gasteiger charge is -2.25. The second-order valence-corrected chi connectivity index (χ2v) is 6.24. The summed E-state index contributed by atoms with van der Waals surface area (Å²) in [6.45, 7) is 5.51. The number of rotatable bonds is 5. The van der Waals surface area contributed by atoms with Crippen LogP contribution in [0.25, 0.3) is 0 Å². The van der Waals surface area contributed by atoms with Gasteiger partial charge in [-0.25, -0.2) is 0 Å². The summed E-state index contributed by atoms with van der Waals surface area (Å²) in [5, 5.41) is 8.02. The predicted molar refractivity (Wildman–Crippen MR) is 78.4 cm³/mol. The topological polar surface area (TPSA) is 29.9 Å². The Bertz CT molecular complexity index is 369. The van der Waals surface area contributed by atoms with E-state index in [-0.39, 0.29) is 0 Å². The van der Waals surface area contributed by atoms with E-state index in [0.29, 0.717) is 6.04 Å². The highest BCUT2D eigenvalue weighted by Gasteiger charge is 2.32. The quantitative estimate of drug-likeness (QED) is 0.899. The summed E-state index contributed by atoms with van der Waals surface area (Å²) in [5.41, 5.74) is 1.30. The molecule has 18 heavy (non-hydrogen) atoms. The average Bonchev–Trinajstić information content (AvgIpc) is 2.95. The third-order valence-electron chi connectivity index (χ3n) is 4.29. The highest BCUT2D eigenvalue weighted by atomic mass is 79.9. The molecule has 0 saturated heterocycles. The molecule has 1 heterocycles. The van der Waals surface area contributed by atoms with E-state index in [2.05, 4.69) is 40.2 Å². The minimum absolute atomic E-state index is 0.438. The fraction of sp³-hybridized carbons (Fsp3) is 0.786. The highest BCUT2D eigenvalue weighted by Crippen LogP contribution is 2.41. The van der Waals surface area contributed by atoms with Crippen molar-refractivity contribution in [1.29, 1.82) is 0 Å². The molecule has 102 valence electrons. The molecule has 0 radical (unpaired) electrons. The zero-order valence-corrected chi connectivity index (χ0v) is 13.2. The van der Waals surface area contributed by atoms with Crippen molar-refractivity contribution < 1.29 is 0 Å². The van der Waals surface area contributed by atoms with E-state index >= 15 is 0 Å². The summed E-state index contributed by atoms with van der Waals surface area (Å²) in [7, 11) is 2.04. The summed E-state index contributed by atoms with van der Waals surface area (Å²) in [4.78, 5) is 0. The van der Waals surface area contributed by atoms with E-state index in [4.69, 9.17) is 0 Å². The first-order chi connectivity index (χ1) is 8.67. The van der Waals surface area contributed by atoms with Gasteiger partial charge in [-0.1, -0.05) is 26.7 Å². The number of hydrogen-bond donors (Lipinski definition) is 1. The third kappa shape index (κ3) is 2.80. The zero-order chi connectivity index (χ0) is 13.1. The molecule has 1 saturated carbocycles. The number of nitrogens with one attached hydrogen (secondary N) is 1. The van der Waals surface area contributed by atoms with Crippen molar-refractivity contribution in [3.8, 4) is 0 Å². The molecule has 0 bridgehead atoms. The molecule has 1 fully saturated rings. The second kappa shape index (κ2) is 6.20. The lowest BCUT2D eigenvalue weighted by Crippen LogP contribution is -2.29. The van der Waals surface area contributed by atoms with Crippen molar-refractivity contribution in [3.63, 3.8) is 0 Å². The van der Waals surface area contributed by atoms with E-state index in [9.17, 15) is 0 Å². The monoisotopic (exact) mass is 313 g/mol. The van der Waals surface area contributed by atoms with Crippen LogP contribution in [0.5, 0.6) is 0 Å². The summed E-state index contributed by atoms with van der Waals surface area (Å²) >= 11 is 3.64. The maximum atomic E-state index is 4.36. The Hall–Kier alpha value is -0.350. The van der Waals surface area contributed by atoms with Crippen molar-refractivity contribution in [2.45, 2.75) is 45.6 Å². The molecule has 2 rings (SSSR count). The van der Waals surface area contributed by atoms with Gasteiger partial charge < -0.3 is 5.32 Å². The molecule has 1 aliphatic rings. The lowest BCUT2D eigenvalue weighted by atomic mass is 9.93. The molecule has 1 aromatic heterocycles.